The molecule has 184 valence electrons. The van der Waals surface area contributed by atoms with E-state index in [1.54, 1.807) is 25.4 Å². The zero-order valence-corrected chi connectivity index (χ0v) is 19.8. The lowest BCUT2D eigenvalue weighted by atomic mass is 9.92. The number of anilines is 1. The van der Waals surface area contributed by atoms with E-state index in [9.17, 15) is 14.3 Å². The number of piperidine rings is 1. The fourth-order valence-electron chi connectivity index (χ4n) is 5.08. The summed E-state index contributed by atoms with van der Waals surface area (Å²) in [5.41, 5.74) is 3.10. The Balaban J connectivity index is 1.59. The second kappa shape index (κ2) is 9.67. The molecule has 0 aliphatic carbocycles. The van der Waals surface area contributed by atoms with Gasteiger partial charge in [-0.25, -0.2) is 9.18 Å². The smallest absolute Gasteiger partial charge is 0.412 e. The van der Waals surface area contributed by atoms with Crippen LogP contribution in [0, 0.1) is 5.82 Å². The van der Waals surface area contributed by atoms with Crippen molar-refractivity contribution >= 4 is 11.8 Å². The lowest BCUT2D eigenvalue weighted by molar-refractivity contribution is 0.0346. The summed E-state index contributed by atoms with van der Waals surface area (Å²) in [7, 11) is 1.71. The number of halogens is 1. The lowest BCUT2D eigenvalue weighted by Gasteiger charge is -2.34. The molecule has 0 radical (unpaired) electrons. The summed E-state index contributed by atoms with van der Waals surface area (Å²) in [5, 5.41) is 17.9. The molecule has 5 rings (SSSR count). The van der Waals surface area contributed by atoms with Crippen molar-refractivity contribution in [2.75, 3.05) is 25.1 Å². The molecule has 2 N–H and O–H groups in total. The van der Waals surface area contributed by atoms with Gasteiger partial charge in [0.25, 0.3) is 0 Å². The number of amides is 1. The number of rotatable bonds is 5. The third kappa shape index (κ3) is 4.49. The fraction of sp³-hybridized carbons (Fsp3) is 0.385. The summed E-state index contributed by atoms with van der Waals surface area (Å²) in [4.78, 5) is 13.4. The summed E-state index contributed by atoms with van der Waals surface area (Å²) in [6.45, 7) is 3.55. The van der Waals surface area contributed by atoms with Crippen LogP contribution in [-0.4, -0.2) is 53.3 Å². The molecule has 3 heterocycles. The van der Waals surface area contributed by atoms with E-state index in [-0.39, 0.29) is 24.0 Å². The Hall–Kier alpha value is -3.43. The summed E-state index contributed by atoms with van der Waals surface area (Å²) in [5.74, 6) is 0.696. The molecule has 0 saturated carbocycles. The minimum Gasteiger partial charge on any atom is -0.465 e. The van der Waals surface area contributed by atoms with Gasteiger partial charge >= 0.3 is 6.09 Å². The number of nitrogens with zero attached hydrogens (tertiary/aromatic N) is 3. The van der Waals surface area contributed by atoms with Gasteiger partial charge in [-0.3, -0.25) is 9.58 Å². The van der Waals surface area contributed by atoms with Crippen LogP contribution >= 0.6 is 0 Å². The Labute approximate surface area is 203 Å². The van der Waals surface area contributed by atoms with Gasteiger partial charge in [0.05, 0.1) is 24.0 Å². The lowest BCUT2D eigenvalue weighted by Crippen LogP contribution is -2.42. The first-order valence-electron chi connectivity index (χ1n) is 11.9. The standard InChI is InChI=1S/C26H29FN4O4/c1-16-3-8-21-22(31(16)26(32)33)10-9-20(25(21)35-19-6-4-18(27)5-7-19)17-13-29-30(15-17)23-11-12-28-14-24(23)34-2/h4-7,9-10,13,15-16,23-24,28H,3,8,11-12,14H2,1-2H3,(H,32,33)/t16-,23?,24?/m0/s1. The van der Waals surface area contributed by atoms with E-state index in [0.29, 0.717) is 30.0 Å². The van der Waals surface area contributed by atoms with Gasteiger partial charge in [-0.1, -0.05) is 0 Å². The molecule has 8 nitrogen and oxygen atoms in total. The highest BCUT2D eigenvalue weighted by molar-refractivity contribution is 5.91. The molecule has 1 aromatic heterocycles. The number of hydrogen-bond donors (Lipinski definition) is 2. The second-order valence-electron chi connectivity index (χ2n) is 9.08. The van der Waals surface area contributed by atoms with Gasteiger partial charge in [0, 0.05) is 42.6 Å². The molecule has 1 fully saturated rings. The molecule has 2 aliphatic heterocycles. The number of methoxy groups -OCH3 is 1. The zero-order valence-electron chi connectivity index (χ0n) is 19.8. The highest BCUT2D eigenvalue weighted by Crippen LogP contribution is 2.45. The van der Waals surface area contributed by atoms with Crippen LogP contribution in [0.25, 0.3) is 11.1 Å². The molecule has 0 spiro atoms. The Morgan fingerprint density at radius 3 is 2.74 bits per heavy atom. The molecule has 0 bridgehead atoms. The van der Waals surface area contributed by atoms with Crippen LogP contribution in [0.3, 0.4) is 0 Å². The van der Waals surface area contributed by atoms with Crippen LogP contribution in [-0.2, 0) is 11.2 Å². The first kappa shape index (κ1) is 23.3. The Morgan fingerprint density at radius 2 is 2.00 bits per heavy atom. The molecule has 1 saturated heterocycles. The SMILES string of the molecule is COC1CNCCC1n1cc(-c2ccc3c(c2Oc2ccc(F)cc2)CC[C@H](C)N3C(=O)O)cn1. The monoisotopic (exact) mass is 480 g/mol. The van der Waals surface area contributed by atoms with Gasteiger partial charge in [0.15, 0.2) is 0 Å². The molecular weight excluding hydrogens is 451 g/mol. The maximum atomic E-state index is 13.5. The summed E-state index contributed by atoms with van der Waals surface area (Å²) in [6.07, 6.45) is 5.04. The molecular formula is C26H29FN4O4. The van der Waals surface area contributed by atoms with Crippen LogP contribution in [0.2, 0.25) is 0 Å². The van der Waals surface area contributed by atoms with Crippen molar-refractivity contribution in [1.29, 1.82) is 0 Å². The molecule has 3 aromatic rings. The van der Waals surface area contributed by atoms with Crippen LogP contribution < -0.4 is 15.0 Å². The topological polar surface area (TPSA) is 88.9 Å². The highest BCUT2D eigenvalue weighted by Gasteiger charge is 2.32. The predicted molar refractivity (Wildman–Crippen MR) is 130 cm³/mol. The number of nitrogens with one attached hydrogen (secondary N) is 1. The fourth-order valence-corrected chi connectivity index (χ4v) is 5.08. The minimum atomic E-state index is -0.997. The van der Waals surface area contributed by atoms with Crippen molar-refractivity contribution in [2.45, 2.75) is 44.4 Å². The zero-order chi connectivity index (χ0) is 24.5. The van der Waals surface area contributed by atoms with E-state index >= 15 is 0 Å². The maximum absolute atomic E-state index is 13.5. The summed E-state index contributed by atoms with van der Waals surface area (Å²) in [6, 6.07) is 9.51. The van der Waals surface area contributed by atoms with Crippen molar-refractivity contribution in [2.24, 2.45) is 0 Å². The van der Waals surface area contributed by atoms with Gasteiger partial charge in [0.2, 0.25) is 0 Å². The van der Waals surface area contributed by atoms with Crippen molar-refractivity contribution in [3.8, 4) is 22.6 Å². The van der Waals surface area contributed by atoms with E-state index < -0.39 is 6.09 Å². The van der Waals surface area contributed by atoms with Crippen LogP contribution in [0.5, 0.6) is 11.5 Å². The molecule has 2 aliphatic rings. The number of benzene rings is 2. The van der Waals surface area contributed by atoms with Crippen molar-refractivity contribution in [3.05, 3.63) is 60.2 Å². The van der Waals surface area contributed by atoms with E-state index in [1.165, 1.54) is 17.0 Å². The Bertz CT molecular complexity index is 1210. The van der Waals surface area contributed by atoms with Crippen LogP contribution in [0.15, 0.2) is 48.8 Å². The summed E-state index contributed by atoms with van der Waals surface area (Å²) < 4.78 is 27.4. The number of hydrogen-bond acceptors (Lipinski definition) is 5. The largest absolute Gasteiger partial charge is 0.465 e. The summed E-state index contributed by atoms with van der Waals surface area (Å²) >= 11 is 0. The molecule has 35 heavy (non-hydrogen) atoms. The second-order valence-corrected chi connectivity index (χ2v) is 9.08. The third-order valence-electron chi connectivity index (χ3n) is 6.93. The van der Waals surface area contributed by atoms with Gasteiger partial charge in [-0.15, -0.1) is 0 Å². The molecule has 9 heteroatoms. The Kier molecular flexibility index (Phi) is 6.44. The minimum absolute atomic E-state index is 0.0144. The third-order valence-corrected chi connectivity index (χ3v) is 6.93. The molecule has 1 amide bonds. The maximum Gasteiger partial charge on any atom is 0.412 e. The van der Waals surface area contributed by atoms with E-state index in [4.69, 9.17) is 9.47 Å². The highest BCUT2D eigenvalue weighted by atomic mass is 19.1. The number of ether oxygens (including phenoxy) is 2. The van der Waals surface area contributed by atoms with Crippen molar-refractivity contribution in [1.82, 2.24) is 15.1 Å². The molecule has 3 atom stereocenters. The number of carboxylic acid groups (broad SMARTS) is 1. The van der Waals surface area contributed by atoms with E-state index in [1.807, 2.05) is 29.9 Å². The normalized spacial score (nSPS) is 22.0. The van der Waals surface area contributed by atoms with Gasteiger partial charge in [-0.2, -0.15) is 5.10 Å². The quantitative estimate of drug-likeness (QED) is 0.543. The van der Waals surface area contributed by atoms with Crippen LogP contribution in [0.4, 0.5) is 14.9 Å². The first-order valence-corrected chi connectivity index (χ1v) is 11.9. The van der Waals surface area contributed by atoms with Gasteiger partial charge < -0.3 is 19.9 Å². The number of aromatic nitrogens is 2. The van der Waals surface area contributed by atoms with Gasteiger partial charge in [0.1, 0.15) is 17.3 Å². The molecule has 2 aromatic carbocycles. The number of carbonyl (C=O) groups is 1. The van der Waals surface area contributed by atoms with E-state index in [0.717, 1.165) is 36.2 Å². The van der Waals surface area contributed by atoms with E-state index in [2.05, 4.69) is 10.4 Å². The van der Waals surface area contributed by atoms with Crippen molar-refractivity contribution in [3.63, 3.8) is 0 Å². The average molecular weight is 481 g/mol. The average Bonchev–Trinajstić information content (AvgIpc) is 3.35. The van der Waals surface area contributed by atoms with Gasteiger partial charge in [-0.05, 0) is 69.1 Å². The Morgan fingerprint density at radius 1 is 1.20 bits per heavy atom. The first-order chi connectivity index (χ1) is 17.0. The predicted octanol–water partition coefficient (Wildman–Crippen LogP) is 4.85. The van der Waals surface area contributed by atoms with Crippen LogP contribution in [0.1, 0.15) is 31.4 Å². The van der Waals surface area contributed by atoms with Crippen molar-refractivity contribution < 1.29 is 23.8 Å². The molecule has 2 unspecified atom stereocenters. The number of fused-ring (bicyclic) bond motifs is 1.